The highest BCUT2D eigenvalue weighted by Crippen LogP contribution is 2.10. The number of nitrogens with two attached hydrogens (primary N) is 1. The van der Waals surface area contributed by atoms with Crippen LogP contribution in [0.3, 0.4) is 0 Å². The zero-order valence-electron chi connectivity index (χ0n) is 12.9. The lowest BCUT2D eigenvalue weighted by Gasteiger charge is -2.14. The van der Waals surface area contributed by atoms with Crippen molar-refractivity contribution in [1.82, 2.24) is 10.3 Å². The Labute approximate surface area is 133 Å². The maximum Gasteiger partial charge on any atom is 0.267 e. The molecule has 23 heavy (non-hydrogen) atoms. The number of rotatable bonds is 7. The molecular formula is C17H19F2N3O. The number of amides is 1. The molecule has 1 aromatic carbocycles. The van der Waals surface area contributed by atoms with Crippen molar-refractivity contribution in [2.75, 3.05) is 0 Å². The van der Waals surface area contributed by atoms with Crippen LogP contribution in [0.4, 0.5) is 8.78 Å². The van der Waals surface area contributed by atoms with Gasteiger partial charge in [-0.1, -0.05) is 12.1 Å². The van der Waals surface area contributed by atoms with Gasteiger partial charge in [0.25, 0.3) is 5.91 Å². The van der Waals surface area contributed by atoms with E-state index < -0.39 is 17.5 Å². The van der Waals surface area contributed by atoms with E-state index in [2.05, 4.69) is 10.3 Å². The number of hydrogen-bond donors (Lipinski definition) is 2. The van der Waals surface area contributed by atoms with Gasteiger partial charge in [0.05, 0.1) is 0 Å². The van der Waals surface area contributed by atoms with Crippen LogP contribution in [0, 0.1) is 11.6 Å². The number of nitrogens with zero attached hydrogens (tertiary/aromatic N) is 1. The van der Waals surface area contributed by atoms with Crippen molar-refractivity contribution in [3.63, 3.8) is 0 Å². The van der Waals surface area contributed by atoms with E-state index in [9.17, 15) is 13.6 Å². The van der Waals surface area contributed by atoms with E-state index in [0.717, 1.165) is 24.5 Å². The monoisotopic (exact) mass is 319 g/mol. The van der Waals surface area contributed by atoms with Crippen molar-refractivity contribution in [1.29, 1.82) is 0 Å². The van der Waals surface area contributed by atoms with Crippen LogP contribution in [0.15, 0.2) is 36.5 Å². The largest absolute Gasteiger partial charge is 0.364 e. The Kier molecular flexibility index (Phi) is 5.76. The van der Waals surface area contributed by atoms with Crippen molar-refractivity contribution in [3.8, 4) is 0 Å². The fourth-order valence-corrected chi connectivity index (χ4v) is 2.15. The maximum absolute atomic E-state index is 13.5. The third-order valence-corrected chi connectivity index (χ3v) is 3.60. The third kappa shape index (κ3) is 5.10. The predicted molar refractivity (Wildman–Crippen MR) is 83.7 cm³/mol. The van der Waals surface area contributed by atoms with E-state index in [1.807, 2.05) is 13.0 Å². The summed E-state index contributed by atoms with van der Waals surface area (Å²) in [6.07, 6.45) is 3.22. The number of aryl methyl sites for hydroxylation is 1. The summed E-state index contributed by atoms with van der Waals surface area (Å²) in [6, 6.07) is 7.14. The first kappa shape index (κ1) is 17.0. The van der Waals surface area contributed by atoms with E-state index in [4.69, 9.17) is 5.73 Å². The van der Waals surface area contributed by atoms with Crippen LogP contribution < -0.4 is 11.1 Å². The molecule has 1 heterocycles. The van der Waals surface area contributed by atoms with E-state index in [0.29, 0.717) is 12.1 Å². The Morgan fingerprint density at radius 3 is 2.70 bits per heavy atom. The summed E-state index contributed by atoms with van der Waals surface area (Å²) in [6.45, 7) is 2.33. The number of halogens is 2. The molecule has 2 aromatic rings. The van der Waals surface area contributed by atoms with Crippen LogP contribution in [0.25, 0.3) is 0 Å². The van der Waals surface area contributed by atoms with Crippen molar-refractivity contribution in [3.05, 3.63) is 65.0 Å². The Bertz CT molecular complexity index is 674. The molecule has 3 N–H and O–H groups in total. The summed E-state index contributed by atoms with van der Waals surface area (Å²) in [4.78, 5) is 14.9. The number of hydrogen-bond acceptors (Lipinski definition) is 3. The highest BCUT2D eigenvalue weighted by Gasteiger charge is 2.07. The summed E-state index contributed by atoms with van der Waals surface area (Å²) in [5.41, 5.74) is 6.81. The van der Waals surface area contributed by atoms with Gasteiger partial charge in [0, 0.05) is 30.4 Å². The second-order valence-corrected chi connectivity index (χ2v) is 5.47. The molecule has 4 nitrogen and oxygen atoms in total. The van der Waals surface area contributed by atoms with E-state index in [1.165, 1.54) is 12.1 Å². The number of primary amides is 1. The summed E-state index contributed by atoms with van der Waals surface area (Å²) in [5, 5.41) is 3.20. The van der Waals surface area contributed by atoms with Gasteiger partial charge in [-0.05, 0) is 37.5 Å². The Hall–Kier alpha value is -2.34. The van der Waals surface area contributed by atoms with Gasteiger partial charge in [0.15, 0.2) is 0 Å². The average Bonchev–Trinajstić information content (AvgIpc) is 2.52. The average molecular weight is 319 g/mol. The van der Waals surface area contributed by atoms with Crippen LogP contribution in [0.1, 0.15) is 35.0 Å². The second-order valence-electron chi connectivity index (χ2n) is 5.47. The molecule has 2 rings (SSSR count). The van der Waals surface area contributed by atoms with Gasteiger partial charge >= 0.3 is 0 Å². The van der Waals surface area contributed by atoms with Crippen molar-refractivity contribution in [2.24, 2.45) is 5.73 Å². The molecule has 6 heteroatoms. The lowest BCUT2D eigenvalue weighted by Crippen LogP contribution is -2.26. The normalized spacial score (nSPS) is 12.1. The zero-order valence-corrected chi connectivity index (χ0v) is 12.9. The highest BCUT2D eigenvalue weighted by atomic mass is 19.1. The van der Waals surface area contributed by atoms with Crippen LogP contribution in [0.2, 0.25) is 0 Å². The number of pyridine rings is 1. The van der Waals surface area contributed by atoms with Crippen molar-refractivity contribution >= 4 is 5.91 Å². The van der Waals surface area contributed by atoms with Gasteiger partial charge in [-0.2, -0.15) is 0 Å². The molecular weight excluding hydrogens is 300 g/mol. The Morgan fingerprint density at radius 1 is 1.30 bits per heavy atom. The van der Waals surface area contributed by atoms with Gasteiger partial charge in [-0.25, -0.2) is 8.78 Å². The molecule has 0 fully saturated rings. The van der Waals surface area contributed by atoms with Crippen LogP contribution >= 0.6 is 0 Å². The lowest BCUT2D eigenvalue weighted by atomic mass is 10.1. The quantitative estimate of drug-likeness (QED) is 0.824. The van der Waals surface area contributed by atoms with Crippen LogP contribution in [-0.4, -0.2) is 16.9 Å². The zero-order chi connectivity index (χ0) is 16.8. The molecule has 1 amide bonds. The molecule has 1 unspecified atom stereocenters. The molecule has 0 saturated carbocycles. The fraction of sp³-hybridized carbons (Fsp3) is 0.294. The number of benzene rings is 1. The van der Waals surface area contributed by atoms with E-state index in [1.54, 1.807) is 12.3 Å². The SMILES string of the molecule is CC(CCc1ccc(C(N)=O)nc1)NCc1ccc(F)cc1F. The van der Waals surface area contributed by atoms with Gasteiger partial charge in [-0.3, -0.25) is 9.78 Å². The van der Waals surface area contributed by atoms with Gasteiger partial charge in [-0.15, -0.1) is 0 Å². The Balaban J connectivity index is 1.80. The molecule has 0 bridgehead atoms. The molecule has 1 atom stereocenters. The van der Waals surface area contributed by atoms with Crippen molar-refractivity contribution < 1.29 is 13.6 Å². The van der Waals surface area contributed by atoms with E-state index in [-0.39, 0.29) is 11.7 Å². The molecule has 0 aliphatic heterocycles. The number of carbonyl (C=O) groups excluding carboxylic acids is 1. The standard InChI is InChI=1S/C17H19F2N3O/c1-11(21-10-13-5-6-14(18)8-15(13)19)2-3-12-4-7-16(17(20)23)22-9-12/h4-9,11,21H,2-3,10H2,1H3,(H2,20,23). The first-order valence-electron chi connectivity index (χ1n) is 7.37. The van der Waals surface area contributed by atoms with Crippen molar-refractivity contribution in [2.45, 2.75) is 32.4 Å². The molecule has 0 radical (unpaired) electrons. The third-order valence-electron chi connectivity index (χ3n) is 3.60. The molecule has 0 aliphatic carbocycles. The minimum atomic E-state index is -0.578. The Morgan fingerprint density at radius 2 is 2.09 bits per heavy atom. The lowest BCUT2D eigenvalue weighted by molar-refractivity contribution is 0.0995. The smallest absolute Gasteiger partial charge is 0.267 e. The molecule has 0 aliphatic rings. The summed E-state index contributed by atoms with van der Waals surface area (Å²) < 4.78 is 26.4. The summed E-state index contributed by atoms with van der Waals surface area (Å²) >= 11 is 0. The number of carbonyl (C=O) groups is 1. The molecule has 0 spiro atoms. The van der Waals surface area contributed by atoms with Crippen LogP contribution in [0.5, 0.6) is 0 Å². The highest BCUT2D eigenvalue weighted by molar-refractivity contribution is 5.90. The van der Waals surface area contributed by atoms with Gasteiger partial charge < -0.3 is 11.1 Å². The van der Waals surface area contributed by atoms with E-state index >= 15 is 0 Å². The van der Waals surface area contributed by atoms with Crippen LogP contribution in [-0.2, 0) is 13.0 Å². The number of nitrogens with one attached hydrogen (secondary N) is 1. The fourth-order valence-electron chi connectivity index (χ4n) is 2.15. The second kappa shape index (κ2) is 7.78. The predicted octanol–water partition coefficient (Wildman–Crippen LogP) is 2.57. The maximum atomic E-state index is 13.5. The summed E-state index contributed by atoms with van der Waals surface area (Å²) in [7, 11) is 0. The molecule has 1 aromatic heterocycles. The molecule has 0 saturated heterocycles. The summed E-state index contributed by atoms with van der Waals surface area (Å²) in [5.74, 6) is -1.67. The van der Waals surface area contributed by atoms with Gasteiger partial charge in [0.2, 0.25) is 0 Å². The first-order valence-corrected chi connectivity index (χ1v) is 7.37. The minimum Gasteiger partial charge on any atom is -0.364 e. The first-order chi connectivity index (χ1) is 11.0. The topological polar surface area (TPSA) is 68.0 Å². The number of aromatic nitrogens is 1. The molecule has 122 valence electrons. The minimum absolute atomic E-state index is 0.148. The van der Waals surface area contributed by atoms with Gasteiger partial charge in [0.1, 0.15) is 17.3 Å².